The molecular formula is C21H29Cl2N3O. The lowest BCUT2D eigenvalue weighted by atomic mass is 9.89. The largest absolute Gasteiger partial charge is 0.497 e. The number of nitrogens with zero attached hydrogens (tertiary/aromatic N) is 3. The molecule has 2 aliphatic rings. The molecule has 4 nitrogen and oxygen atoms in total. The number of likely N-dealkylation sites (tertiary alicyclic amines) is 2. The van der Waals surface area contributed by atoms with Crippen LogP contribution in [0.5, 0.6) is 5.75 Å². The summed E-state index contributed by atoms with van der Waals surface area (Å²) in [7, 11) is 3.99. The summed E-state index contributed by atoms with van der Waals surface area (Å²) in [5.41, 5.74) is 3.70. The number of hydrogen-bond acceptors (Lipinski definition) is 4. The van der Waals surface area contributed by atoms with Gasteiger partial charge in [0.2, 0.25) is 0 Å². The van der Waals surface area contributed by atoms with Crippen LogP contribution in [0, 0.1) is 18.8 Å². The maximum absolute atomic E-state index is 5.31. The fraction of sp³-hybridized carbons (Fsp3) is 0.476. The zero-order valence-corrected chi connectivity index (χ0v) is 17.8. The Kier molecular flexibility index (Phi) is 7.52. The number of aromatic nitrogens is 1. The van der Waals surface area contributed by atoms with Crippen LogP contribution in [0.1, 0.15) is 23.0 Å². The molecule has 0 amide bonds. The number of aryl methyl sites for hydroxylation is 1. The van der Waals surface area contributed by atoms with E-state index in [0.717, 1.165) is 30.5 Å². The Morgan fingerprint density at radius 3 is 2.44 bits per heavy atom. The van der Waals surface area contributed by atoms with E-state index in [1.807, 2.05) is 0 Å². The summed E-state index contributed by atoms with van der Waals surface area (Å²) >= 11 is 0. The van der Waals surface area contributed by atoms with Crippen LogP contribution in [0.15, 0.2) is 42.5 Å². The molecule has 6 heteroatoms. The van der Waals surface area contributed by atoms with Crippen molar-refractivity contribution in [2.24, 2.45) is 11.8 Å². The Hall–Kier alpha value is -1.33. The Balaban J connectivity index is 0.00000131. The molecule has 0 radical (unpaired) electrons. The van der Waals surface area contributed by atoms with Gasteiger partial charge in [-0.15, -0.1) is 24.8 Å². The molecular weight excluding hydrogens is 381 g/mol. The molecule has 1 aromatic carbocycles. The molecule has 1 aromatic heterocycles. The van der Waals surface area contributed by atoms with Crippen LogP contribution in [-0.4, -0.2) is 48.6 Å². The van der Waals surface area contributed by atoms with Crippen molar-refractivity contribution >= 4 is 24.8 Å². The van der Waals surface area contributed by atoms with Crippen molar-refractivity contribution in [2.45, 2.75) is 19.5 Å². The van der Waals surface area contributed by atoms with E-state index < -0.39 is 0 Å². The molecule has 2 aromatic rings. The highest BCUT2D eigenvalue weighted by molar-refractivity contribution is 5.85. The molecule has 148 valence electrons. The van der Waals surface area contributed by atoms with Crippen molar-refractivity contribution in [3.05, 3.63) is 59.4 Å². The summed E-state index contributed by atoms with van der Waals surface area (Å²) < 4.78 is 5.31. The van der Waals surface area contributed by atoms with E-state index in [9.17, 15) is 0 Å². The van der Waals surface area contributed by atoms with E-state index in [4.69, 9.17) is 4.74 Å². The number of fused-ring (bicyclic) bond motifs is 1. The highest BCUT2D eigenvalue weighted by Crippen LogP contribution is 2.44. The number of ether oxygens (including phenoxy) is 1. The molecule has 3 atom stereocenters. The molecule has 2 aliphatic heterocycles. The third kappa shape index (κ3) is 4.57. The molecule has 0 aliphatic carbocycles. The fourth-order valence-electron chi connectivity index (χ4n) is 4.70. The average molecular weight is 410 g/mol. The minimum Gasteiger partial charge on any atom is -0.497 e. The maximum atomic E-state index is 5.31. The first-order valence-electron chi connectivity index (χ1n) is 9.13. The fourth-order valence-corrected chi connectivity index (χ4v) is 4.70. The molecule has 27 heavy (non-hydrogen) atoms. The first kappa shape index (κ1) is 22.0. The van der Waals surface area contributed by atoms with E-state index in [2.05, 4.69) is 71.2 Å². The minimum atomic E-state index is 0. The van der Waals surface area contributed by atoms with E-state index in [1.54, 1.807) is 7.11 Å². The summed E-state index contributed by atoms with van der Waals surface area (Å²) in [6, 6.07) is 15.5. The van der Waals surface area contributed by atoms with Crippen LogP contribution < -0.4 is 4.74 Å². The molecule has 0 spiro atoms. The normalized spacial score (nSPS) is 24.8. The molecule has 0 saturated carbocycles. The summed E-state index contributed by atoms with van der Waals surface area (Å²) in [5.74, 6) is 2.38. The predicted octanol–water partition coefficient (Wildman–Crippen LogP) is 3.98. The Labute approximate surface area is 174 Å². The predicted molar refractivity (Wildman–Crippen MR) is 114 cm³/mol. The van der Waals surface area contributed by atoms with Crippen molar-refractivity contribution in [3.8, 4) is 5.75 Å². The number of methoxy groups -OCH3 is 1. The second-order valence-corrected chi connectivity index (χ2v) is 7.55. The van der Waals surface area contributed by atoms with Crippen molar-refractivity contribution in [3.63, 3.8) is 0 Å². The molecule has 3 heterocycles. The van der Waals surface area contributed by atoms with Gasteiger partial charge in [-0.3, -0.25) is 14.8 Å². The smallest absolute Gasteiger partial charge is 0.118 e. The third-order valence-electron chi connectivity index (χ3n) is 5.76. The summed E-state index contributed by atoms with van der Waals surface area (Å²) in [6.45, 7) is 6.54. The highest BCUT2D eigenvalue weighted by Gasteiger charge is 2.45. The monoisotopic (exact) mass is 409 g/mol. The lowest BCUT2D eigenvalue weighted by Gasteiger charge is -2.27. The standard InChI is InChI=1S/C21H27N3O.2ClH/c1-15-5-4-6-18(22-15)13-24-12-17-11-23(2)21(20(17)14-24)16-7-9-19(25-3)10-8-16;;/h4-10,17,20-21H,11-14H2,1-3H3;2*1H/t17-,20+,21-;;/m0../s1. The zero-order chi connectivity index (χ0) is 17.4. The van der Waals surface area contributed by atoms with Gasteiger partial charge in [0.05, 0.1) is 12.8 Å². The summed E-state index contributed by atoms with van der Waals surface area (Å²) in [5, 5.41) is 0. The maximum Gasteiger partial charge on any atom is 0.118 e. The first-order chi connectivity index (χ1) is 12.1. The lowest BCUT2D eigenvalue weighted by Crippen LogP contribution is -2.29. The van der Waals surface area contributed by atoms with Gasteiger partial charge in [0, 0.05) is 37.9 Å². The second kappa shape index (κ2) is 9.24. The van der Waals surface area contributed by atoms with Gasteiger partial charge in [0.25, 0.3) is 0 Å². The summed E-state index contributed by atoms with van der Waals surface area (Å²) in [6.07, 6.45) is 0. The van der Waals surface area contributed by atoms with Gasteiger partial charge >= 0.3 is 0 Å². The van der Waals surface area contributed by atoms with Crippen LogP contribution in [0.25, 0.3) is 0 Å². The Bertz CT molecular complexity index is 740. The van der Waals surface area contributed by atoms with E-state index >= 15 is 0 Å². The van der Waals surface area contributed by atoms with Gasteiger partial charge in [-0.25, -0.2) is 0 Å². The van der Waals surface area contributed by atoms with Gasteiger partial charge in [-0.1, -0.05) is 18.2 Å². The van der Waals surface area contributed by atoms with Gasteiger partial charge in [0.1, 0.15) is 5.75 Å². The quantitative estimate of drug-likeness (QED) is 0.763. The number of rotatable bonds is 4. The molecule has 2 fully saturated rings. The van der Waals surface area contributed by atoms with Crippen LogP contribution in [0.4, 0.5) is 0 Å². The van der Waals surface area contributed by atoms with Crippen molar-refractivity contribution in [1.29, 1.82) is 0 Å². The van der Waals surface area contributed by atoms with E-state index in [1.165, 1.54) is 24.3 Å². The van der Waals surface area contributed by atoms with Crippen LogP contribution in [0.3, 0.4) is 0 Å². The lowest BCUT2D eigenvalue weighted by molar-refractivity contribution is 0.223. The third-order valence-corrected chi connectivity index (χ3v) is 5.76. The Morgan fingerprint density at radius 2 is 1.78 bits per heavy atom. The Morgan fingerprint density at radius 1 is 1.04 bits per heavy atom. The number of hydrogen-bond donors (Lipinski definition) is 0. The van der Waals surface area contributed by atoms with Crippen LogP contribution >= 0.6 is 24.8 Å². The van der Waals surface area contributed by atoms with Crippen molar-refractivity contribution in [2.75, 3.05) is 33.8 Å². The second-order valence-electron chi connectivity index (χ2n) is 7.55. The van der Waals surface area contributed by atoms with Gasteiger partial charge < -0.3 is 4.74 Å². The topological polar surface area (TPSA) is 28.6 Å². The number of benzene rings is 1. The van der Waals surface area contributed by atoms with Gasteiger partial charge in [-0.2, -0.15) is 0 Å². The summed E-state index contributed by atoms with van der Waals surface area (Å²) in [4.78, 5) is 9.79. The SMILES string of the molecule is COc1ccc([C@H]2[C@@H]3CN(Cc4cccc(C)n4)C[C@@H]3CN2C)cc1.Cl.Cl. The van der Waals surface area contributed by atoms with Crippen LogP contribution in [-0.2, 0) is 6.54 Å². The molecule has 0 bridgehead atoms. The van der Waals surface area contributed by atoms with Crippen molar-refractivity contribution < 1.29 is 4.74 Å². The number of halogens is 2. The van der Waals surface area contributed by atoms with E-state index in [-0.39, 0.29) is 24.8 Å². The highest BCUT2D eigenvalue weighted by atomic mass is 35.5. The van der Waals surface area contributed by atoms with Crippen molar-refractivity contribution in [1.82, 2.24) is 14.8 Å². The minimum absolute atomic E-state index is 0. The average Bonchev–Trinajstić information content (AvgIpc) is 3.10. The zero-order valence-electron chi connectivity index (χ0n) is 16.2. The number of pyridine rings is 1. The molecule has 2 saturated heterocycles. The van der Waals surface area contributed by atoms with Gasteiger partial charge in [-0.05, 0) is 55.6 Å². The molecule has 4 rings (SSSR count). The van der Waals surface area contributed by atoms with E-state index in [0.29, 0.717) is 12.0 Å². The molecule has 0 N–H and O–H groups in total. The molecule has 0 unspecified atom stereocenters. The van der Waals surface area contributed by atoms with Crippen LogP contribution in [0.2, 0.25) is 0 Å². The first-order valence-corrected chi connectivity index (χ1v) is 9.13. The van der Waals surface area contributed by atoms with Gasteiger partial charge in [0.15, 0.2) is 0 Å².